The monoisotopic (exact) mass is 291 g/mol. The summed E-state index contributed by atoms with van der Waals surface area (Å²) in [7, 11) is -0.702. The standard InChI is InChI=1S/C17H25NOS/c1-2-18-17-15-11-7-6-8-13(15)12-16(17)20(19)14-9-4-3-5-10-14/h6-8,11,14,16-18H,2-5,9-10,12H2,1H3. The van der Waals surface area contributed by atoms with E-state index in [1.807, 2.05) is 0 Å². The van der Waals surface area contributed by atoms with Gasteiger partial charge in [0.2, 0.25) is 0 Å². The predicted octanol–water partition coefficient (Wildman–Crippen LogP) is 3.34. The molecule has 0 bridgehead atoms. The van der Waals surface area contributed by atoms with Gasteiger partial charge in [0.05, 0.1) is 5.25 Å². The van der Waals surface area contributed by atoms with Crippen LogP contribution in [0.3, 0.4) is 0 Å². The SMILES string of the molecule is CCNC1c2ccccc2CC1S(=O)C1CCCCC1. The van der Waals surface area contributed by atoms with E-state index in [1.165, 1.54) is 30.4 Å². The Hall–Kier alpha value is -0.670. The lowest BCUT2D eigenvalue weighted by Crippen LogP contribution is -2.36. The van der Waals surface area contributed by atoms with Gasteiger partial charge in [0.15, 0.2) is 0 Å². The van der Waals surface area contributed by atoms with Crippen LogP contribution in [0.25, 0.3) is 0 Å². The van der Waals surface area contributed by atoms with E-state index in [9.17, 15) is 4.21 Å². The molecule has 1 aromatic carbocycles. The fourth-order valence-corrected chi connectivity index (χ4v) is 5.93. The van der Waals surface area contributed by atoms with Gasteiger partial charge >= 0.3 is 0 Å². The van der Waals surface area contributed by atoms with E-state index in [4.69, 9.17) is 0 Å². The Morgan fingerprint density at radius 3 is 2.70 bits per heavy atom. The zero-order valence-electron chi connectivity index (χ0n) is 12.3. The van der Waals surface area contributed by atoms with Crippen LogP contribution in [0.15, 0.2) is 24.3 Å². The zero-order chi connectivity index (χ0) is 13.9. The molecule has 20 heavy (non-hydrogen) atoms. The maximum absolute atomic E-state index is 13.0. The average molecular weight is 291 g/mol. The second-order valence-corrected chi connectivity index (χ2v) is 7.99. The van der Waals surface area contributed by atoms with Gasteiger partial charge < -0.3 is 5.32 Å². The van der Waals surface area contributed by atoms with Crippen molar-refractivity contribution in [3.8, 4) is 0 Å². The lowest BCUT2D eigenvalue weighted by molar-refractivity contribution is 0.491. The van der Waals surface area contributed by atoms with Crippen molar-refractivity contribution in [3.05, 3.63) is 35.4 Å². The van der Waals surface area contributed by atoms with Gasteiger partial charge in [-0.25, -0.2) is 0 Å². The second-order valence-electron chi connectivity index (χ2n) is 6.07. The van der Waals surface area contributed by atoms with Crippen molar-refractivity contribution in [2.45, 2.75) is 62.0 Å². The third kappa shape index (κ3) is 2.71. The van der Waals surface area contributed by atoms with E-state index in [0.29, 0.717) is 11.3 Å². The zero-order valence-corrected chi connectivity index (χ0v) is 13.1. The molecule has 0 amide bonds. The third-order valence-electron chi connectivity index (χ3n) is 4.79. The number of fused-ring (bicyclic) bond motifs is 1. The summed E-state index contributed by atoms with van der Waals surface area (Å²) in [4.78, 5) is 0. The van der Waals surface area contributed by atoms with Gasteiger partial charge in [0, 0.05) is 22.1 Å². The van der Waals surface area contributed by atoms with Gasteiger partial charge in [-0.2, -0.15) is 0 Å². The summed E-state index contributed by atoms with van der Waals surface area (Å²) in [6.07, 6.45) is 7.17. The molecule has 3 atom stereocenters. The van der Waals surface area contributed by atoms with Crippen LogP contribution in [0.4, 0.5) is 0 Å². The fraction of sp³-hybridized carbons (Fsp3) is 0.647. The van der Waals surface area contributed by atoms with E-state index < -0.39 is 10.8 Å². The molecule has 0 aromatic heterocycles. The summed E-state index contributed by atoms with van der Waals surface area (Å²) in [5, 5.41) is 4.29. The van der Waals surface area contributed by atoms with E-state index >= 15 is 0 Å². The predicted molar refractivity (Wildman–Crippen MR) is 85.4 cm³/mol. The summed E-state index contributed by atoms with van der Waals surface area (Å²) in [6.45, 7) is 3.08. The van der Waals surface area contributed by atoms with Crippen molar-refractivity contribution in [1.29, 1.82) is 0 Å². The molecule has 2 nitrogen and oxygen atoms in total. The molecule has 3 rings (SSSR count). The first-order valence-corrected chi connectivity index (χ1v) is 9.29. The Balaban J connectivity index is 1.80. The van der Waals surface area contributed by atoms with Crippen molar-refractivity contribution in [1.82, 2.24) is 5.32 Å². The molecule has 1 aromatic rings. The van der Waals surface area contributed by atoms with Gasteiger partial charge in [-0.3, -0.25) is 4.21 Å². The van der Waals surface area contributed by atoms with Crippen molar-refractivity contribution < 1.29 is 4.21 Å². The second kappa shape index (κ2) is 6.40. The average Bonchev–Trinajstić information content (AvgIpc) is 2.87. The molecule has 1 fully saturated rings. The quantitative estimate of drug-likeness (QED) is 0.922. The topological polar surface area (TPSA) is 29.1 Å². The number of rotatable bonds is 4. The summed E-state index contributed by atoms with van der Waals surface area (Å²) in [5.41, 5.74) is 2.77. The maximum Gasteiger partial charge on any atom is 0.0586 e. The highest BCUT2D eigenvalue weighted by Gasteiger charge is 2.38. The van der Waals surface area contributed by atoms with Gasteiger partial charge in [0.1, 0.15) is 0 Å². The van der Waals surface area contributed by atoms with Crippen LogP contribution in [0.5, 0.6) is 0 Å². The van der Waals surface area contributed by atoms with Crippen LogP contribution in [0.1, 0.15) is 56.2 Å². The van der Waals surface area contributed by atoms with Gasteiger partial charge in [-0.1, -0.05) is 50.5 Å². The molecule has 2 aliphatic carbocycles. The van der Waals surface area contributed by atoms with E-state index in [1.54, 1.807) is 0 Å². The summed E-state index contributed by atoms with van der Waals surface area (Å²) >= 11 is 0. The Labute approximate surface area is 124 Å². The molecule has 110 valence electrons. The molecule has 0 saturated heterocycles. The van der Waals surface area contributed by atoms with Crippen molar-refractivity contribution in [2.75, 3.05) is 6.54 Å². The molecular formula is C17H25NOS. The van der Waals surface area contributed by atoms with Crippen molar-refractivity contribution in [2.24, 2.45) is 0 Å². The molecule has 2 aliphatic rings. The molecule has 0 aliphatic heterocycles. The highest BCUT2D eigenvalue weighted by atomic mass is 32.2. The highest BCUT2D eigenvalue weighted by molar-refractivity contribution is 7.86. The van der Waals surface area contributed by atoms with Crippen LogP contribution in [-0.4, -0.2) is 21.3 Å². The summed E-state index contributed by atoms with van der Waals surface area (Å²) < 4.78 is 13.0. The first kappa shape index (κ1) is 14.3. The molecule has 0 spiro atoms. The Bertz CT molecular complexity index is 482. The first-order valence-electron chi connectivity index (χ1n) is 8.02. The third-order valence-corrected chi connectivity index (χ3v) is 6.95. The Morgan fingerprint density at radius 2 is 1.95 bits per heavy atom. The smallest absolute Gasteiger partial charge is 0.0586 e. The van der Waals surface area contributed by atoms with Crippen LogP contribution in [0, 0.1) is 0 Å². The van der Waals surface area contributed by atoms with Crippen LogP contribution >= 0.6 is 0 Å². The minimum atomic E-state index is -0.702. The fourth-order valence-electron chi connectivity index (χ4n) is 3.78. The van der Waals surface area contributed by atoms with Crippen molar-refractivity contribution >= 4 is 10.8 Å². The van der Waals surface area contributed by atoms with Gasteiger partial charge in [-0.05, 0) is 36.9 Å². The van der Waals surface area contributed by atoms with Crippen LogP contribution in [0.2, 0.25) is 0 Å². The van der Waals surface area contributed by atoms with E-state index in [-0.39, 0.29) is 5.25 Å². The van der Waals surface area contributed by atoms with Crippen LogP contribution in [-0.2, 0) is 17.2 Å². The van der Waals surface area contributed by atoms with E-state index in [0.717, 1.165) is 25.8 Å². The van der Waals surface area contributed by atoms with Crippen molar-refractivity contribution in [3.63, 3.8) is 0 Å². The summed E-state index contributed by atoms with van der Waals surface area (Å²) in [5.74, 6) is 0. The number of hydrogen-bond acceptors (Lipinski definition) is 2. The Kier molecular flexibility index (Phi) is 4.57. The highest BCUT2D eigenvalue weighted by Crippen LogP contribution is 2.37. The maximum atomic E-state index is 13.0. The molecule has 1 saturated carbocycles. The molecule has 0 heterocycles. The lowest BCUT2D eigenvalue weighted by Gasteiger charge is -2.28. The number of hydrogen-bond donors (Lipinski definition) is 1. The molecule has 3 unspecified atom stereocenters. The minimum absolute atomic E-state index is 0.274. The minimum Gasteiger partial charge on any atom is -0.309 e. The Morgan fingerprint density at radius 1 is 1.20 bits per heavy atom. The molecule has 1 N–H and O–H groups in total. The van der Waals surface area contributed by atoms with Crippen LogP contribution < -0.4 is 5.32 Å². The first-order chi connectivity index (χ1) is 9.81. The van der Waals surface area contributed by atoms with E-state index in [2.05, 4.69) is 36.5 Å². The number of benzene rings is 1. The number of nitrogens with one attached hydrogen (secondary N) is 1. The lowest BCUT2D eigenvalue weighted by atomic mass is 10.0. The van der Waals surface area contributed by atoms with Gasteiger partial charge in [0.25, 0.3) is 0 Å². The summed E-state index contributed by atoms with van der Waals surface area (Å²) in [6, 6.07) is 8.92. The molecule has 3 heteroatoms. The molecule has 0 radical (unpaired) electrons. The normalized spacial score (nSPS) is 28.2. The van der Waals surface area contributed by atoms with Gasteiger partial charge in [-0.15, -0.1) is 0 Å². The molecular weight excluding hydrogens is 266 g/mol. The largest absolute Gasteiger partial charge is 0.309 e.